The van der Waals surface area contributed by atoms with Crippen molar-refractivity contribution in [2.24, 2.45) is 0 Å². The molecule has 0 spiro atoms. The summed E-state index contributed by atoms with van der Waals surface area (Å²) < 4.78 is 16.9. The van der Waals surface area contributed by atoms with Gasteiger partial charge in [0.2, 0.25) is 0 Å². The summed E-state index contributed by atoms with van der Waals surface area (Å²) in [6.07, 6.45) is 1.96. The number of pyridine rings is 1. The maximum atomic E-state index is 12.0. The van der Waals surface area contributed by atoms with Gasteiger partial charge in [0, 0.05) is 35.6 Å². The van der Waals surface area contributed by atoms with E-state index in [1.807, 2.05) is 41.8 Å². The molecule has 0 aliphatic heterocycles. The quantitative estimate of drug-likeness (QED) is 0.459. The van der Waals surface area contributed by atoms with Gasteiger partial charge in [-0.25, -0.2) is 14.8 Å². The molecule has 0 amide bonds. The summed E-state index contributed by atoms with van der Waals surface area (Å²) in [5.41, 5.74) is -0.396. The van der Waals surface area contributed by atoms with Gasteiger partial charge in [-0.15, -0.1) is 11.3 Å². The Bertz CT molecular complexity index is 983. The highest BCUT2D eigenvalue weighted by atomic mass is 79.9. The zero-order valence-corrected chi connectivity index (χ0v) is 18.5. The molecule has 0 bridgehead atoms. The molecule has 152 valence electrons. The molecule has 3 rings (SSSR count). The van der Waals surface area contributed by atoms with Gasteiger partial charge in [0.1, 0.15) is 5.75 Å². The summed E-state index contributed by atoms with van der Waals surface area (Å²) in [7, 11) is 2.81. The second-order valence-electron chi connectivity index (χ2n) is 6.29. The molecule has 2 aromatic heterocycles. The Hall–Kier alpha value is -2.49. The lowest BCUT2D eigenvalue weighted by atomic mass is 10.0. The molecule has 7 nitrogen and oxygen atoms in total. The van der Waals surface area contributed by atoms with Gasteiger partial charge in [0.25, 0.3) is 0 Å². The minimum atomic E-state index is -1.10. The number of aromatic nitrogens is 2. The third-order valence-corrected chi connectivity index (χ3v) is 5.39. The first-order valence-corrected chi connectivity index (χ1v) is 10.3. The van der Waals surface area contributed by atoms with Gasteiger partial charge in [0.15, 0.2) is 22.3 Å². The SMILES string of the molecule is COC(=O)C(C)(Cc1csc(Nc2ncc(Br)cc2Oc2ccccc2)n1)OC. The molecule has 2 heterocycles. The molecule has 0 saturated heterocycles. The molecular weight excluding hydrogens is 458 g/mol. The fraction of sp³-hybridized carbons (Fsp3) is 0.250. The molecule has 1 N–H and O–H groups in total. The summed E-state index contributed by atoms with van der Waals surface area (Å²) in [4.78, 5) is 20.9. The molecule has 0 aliphatic carbocycles. The number of hydrogen-bond acceptors (Lipinski definition) is 8. The number of thiazole rings is 1. The van der Waals surface area contributed by atoms with Crippen LogP contribution >= 0.6 is 27.3 Å². The lowest BCUT2D eigenvalue weighted by Gasteiger charge is -2.23. The molecule has 29 heavy (non-hydrogen) atoms. The first-order chi connectivity index (χ1) is 13.9. The second-order valence-corrected chi connectivity index (χ2v) is 8.06. The summed E-state index contributed by atoms with van der Waals surface area (Å²) in [6.45, 7) is 1.67. The topological polar surface area (TPSA) is 82.6 Å². The fourth-order valence-electron chi connectivity index (χ4n) is 2.54. The van der Waals surface area contributed by atoms with E-state index in [0.717, 1.165) is 4.47 Å². The number of rotatable bonds is 8. The average Bonchev–Trinajstić information content (AvgIpc) is 3.16. The number of carbonyl (C=O) groups is 1. The van der Waals surface area contributed by atoms with Crippen molar-refractivity contribution in [2.45, 2.75) is 18.9 Å². The van der Waals surface area contributed by atoms with Crippen molar-refractivity contribution < 1.29 is 19.0 Å². The van der Waals surface area contributed by atoms with Crippen LogP contribution in [0, 0.1) is 0 Å². The molecule has 9 heteroatoms. The van der Waals surface area contributed by atoms with Crippen molar-refractivity contribution in [3.8, 4) is 11.5 Å². The Morgan fingerprint density at radius 1 is 1.28 bits per heavy atom. The third-order valence-electron chi connectivity index (χ3n) is 4.15. The predicted octanol–water partition coefficient (Wildman–Crippen LogP) is 4.96. The van der Waals surface area contributed by atoms with E-state index in [4.69, 9.17) is 14.2 Å². The highest BCUT2D eigenvalue weighted by Crippen LogP contribution is 2.33. The van der Waals surface area contributed by atoms with Crippen LogP contribution in [-0.4, -0.2) is 35.8 Å². The van der Waals surface area contributed by atoms with Gasteiger partial charge in [-0.1, -0.05) is 18.2 Å². The zero-order chi connectivity index (χ0) is 20.9. The van der Waals surface area contributed by atoms with E-state index in [2.05, 4.69) is 31.2 Å². The molecule has 3 aromatic rings. The Labute approximate surface area is 181 Å². The number of halogens is 1. The Balaban J connectivity index is 1.78. The van der Waals surface area contributed by atoms with Gasteiger partial charge in [0.05, 0.1) is 12.8 Å². The van der Waals surface area contributed by atoms with Gasteiger partial charge in [-0.3, -0.25) is 0 Å². The summed E-state index contributed by atoms with van der Waals surface area (Å²) in [5.74, 6) is 1.33. The molecule has 0 saturated carbocycles. The van der Waals surface area contributed by atoms with Crippen molar-refractivity contribution in [3.63, 3.8) is 0 Å². The number of carbonyl (C=O) groups excluding carboxylic acids is 1. The van der Waals surface area contributed by atoms with E-state index in [1.165, 1.54) is 25.6 Å². The number of ether oxygens (including phenoxy) is 3. The first kappa shape index (κ1) is 21.2. The van der Waals surface area contributed by atoms with Gasteiger partial charge < -0.3 is 19.5 Å². The zero-order valence-electron chi connectivity index (χ0n) is 16.1. The van der Waals surface area contributed by atoms with Crippen molar-refractivity contribution in [2.75, 3.05) is 19.5 Å². The highest BCUT2D eigenvalue weighted by Gasteiger charge is 2.35. The van der Waals surface area contributed by atoms with Gasteiger partial charge >= 0.3 is 5.97 Å². The summed E-state index contributed by atoms with van der Waals surface area (Å²) in [5, 5.41) is 5.66. The fourth-order valence-corrected chi connectivity index (χ4v) is 3.56. The van der Waals surface area contributed by atoms with Crippen LogP contribution < -0.4 is 10.1 Å². The number of nitrogens with one attached hydrogen (secondary N) is 1. The molecule has 0 radical (unpaired) electrons. The van der Waals surface area contributed by atoms with Crippen molar-refractivity contribution in [1.29, 1.82) is 0 Å². The molecular formula is C20H20BrN3O4S. The number of anilines is 2. The van der Waals surface area contributed by atoms with Crippen molar-refractivity contribution in [3.05, 3.63) is 58.1 Å². The van der Waals surface area contributed by atoms with Crippen molar-refractivity contribution in [1.82, 2.24) is 9.97 Å². The third kappa shape index (κ3) is 5.31. The van der Waals surface area contributed by atoms with E-state index in [1.54, 1.807) is 13.1 Å². The Kier molecular flexibility index (Phi) is 6.83. The van der Waals surface area contributed by atoms with Crippen molar-refractivity contribution >= 4 is 44.2 Å². The number of para-hydroxylation sites is 1. The second kappa shape index (κ2) is 9.34. The Morgan fingerprint density at radius 2 is 2.03 bits per heavy atom. The normalized spacial score (nSPS) is 12.8. The van der Waals surface area contributed by atoms with Crippen LogP contribution in [0.5, 0.6) is 11.5 Å². The van der Waals surface area contributed by atoms with E-state index in [0.29, 0.717) is 28.1 Å². The summed E-state index contributed by atoms with van der Waals surface area (Å²) >= 11 is 4.82. The van der Waals surface area contributed by atoms with Crippen LogP contribution in [0.2, 0.25) is 0 Å². The minimum absolute atomic E-state index is 0.287. The monoisotopic (exact) mass is 477 g/mol. The Morgan fingerprint density at radius 3 is 2.72 bits per heavy atom. The largest absolute Gasteiger partial charge is 0.467 e. The van der Waals surface area contributed by atoms with Crippen LogP contribution in [0.15, 0.2) is 52.4 Å². The molecule has 1 atom stereocenters. The van der Waals surface area contributed by atoms with E-state index in [9.17, 15) is 4.79 Å². The maximum absolute atomic E-state index is 12.0. The number of benzene rings is 1. The standard InChI is InChI=1S/C20H20BrN3O4S/c1-20(27-3,18(25)26-2)10-14-12-29-19(23-14)24-17-16(9-13(21)11-22-17)28-15-7-5-4-6-8-15/h4-9,11-12H,10H2,1-3H3,(H,22,23,24). The maximum Gasteiger partial charge on any atom is 0.338 e. The highest BCUT2D eigenvalue weighted by molar-refractivity contribution is 9.10. The number of methoxy groups -OCH3 is 2. The average molecular weight is 478 g/mol. The lowest BCUT2D eigenvalue weighted by molar-refractivity contribution is -0.163. The molecule has 1 aromatic carbocycles. The van der Waals surface area contributed by atoms with E-state index >= 15 is 0 Å². The molecule has 1 unspecified atom stereocenters. The van der Waals surface area contributed by atoms with Crippen LogP contribution in [-0.2, 0) is 20.7 Å². The minimum Gasteiger partial charge on any atom is -0.467 e. The predicted molar refractivity (Wildman–Crippen MR) is 115 cm³/mol. The van der Waals surface area contributed by atoms with Crippen LogP contribution in [0.4, 0.5) is 10.9 Å². The number of esters is 1. The molecule has 0 fully saturated rings. The van der Waals surface area contributed by atoms with Crippen LogP contribution in [0.25, 0.3) is 0 Å². The van der Waals surface area contributed by atoms with E-state index < -0.39 is 11.6 Å². The smallest absolute Gasteiger partial charge is 0.338 e. The van der Waals surface area contributed by atoms with Gasteiger partial charge in [-0.2, -0.15) is 0 Å². The number of nitrogens with zero attached hydrogens (tertiary/aromatic N) is 2. The first-order valence-electron chi connectivity index (χ1n) is 8.67. The van der Waals surface area contributed by atoms with Gasteiger partial charge in [-0.05, 0) is 35.0 Å². The lowest BCUT2D eigenvalue weighted by Crippen LogP contribution is -2.40. The number of hydrogen-bond donors (Lipinski definition) is 1. The van der Waals surface area contributed by atoms with Crippen LogP contribution in [0.3, 0.4) is 0 Å². The molecule has 0 aliphatic rings. The van der Waals surface area contributed by atoms with Crippen LogP contribution in [0.1, 0.15) is 12.6 Å². The van der Waals surface area contributed by atoms with E-state index in [-0.39, 0.29) is 6.42 Å². The summed E-state index contributed by atoms with van der Waals surface area (Å²) in [6, 6.07) is 11.3.